The highest BCUT2D eigenvalue weighted by atomic mass is 19.2. The Balaban J connectivity index is 2.76. The summed E-state index contributed by atoms with van der Waals surface area (Å²) in [5.74, 6) is -6.88. The number of ether oxygens (including phenoxy) is 1. The molecule has 0 unspecified atom stereocenters. The standard InChI is InChI=1S/C12H9F4NO/c1-2-3-6-7(12-17-4-5-18-12)9(14)11(16)10(15)8(6)13/h2-3H,4-5H2,1H3/b3-2+. The lowest BCUT2D eigenvalue weighted by Crippen LogP contribution is -2.13. The number of hydrogen-bond acceptors (Lipinski definition) is 2. The predicted molar refractivity (Wildman–Crippen MR) is 58.3 cm³/mol. The molecule has 0 saturated heterocycles. The fraction of sp³-hybridized carbons (Fsp3) is 0.250. The first-order valence-corrected chi connectivity index (χ1v) is 5.24. The number of rotatable bonds is 2. The van der Waals surface area contributed by atoms with Crippen LogP contribution >= 0.6 is 0 Å². The second-order valence-corrected chi connectivity index (χ2v) is 3.58. The normalized spacial score (nSPS) is 15.1. The van der Waals surface area contributed by atoms with Crippen LogP contribution in [0, 0.1) is 23.3 Å². The smallest absolute Gasteiger partial charge is 0.220 e. The molecule has 2 nitrogen and oxygen atoms in total. The van der Waals surface area contributed by atoms with Crippen LogP contribution in [0.25, 0.3) is 6.08 Å². The molecule has 0 spiro atoms. The Kier molecular flexibility index (Phi) is 3.36. The van der Waals surface area contributed by atoms with Gasteiger partial charge in [0, 0.05) is 5.56 Å². The maximum absolute atomic E-state index is 13.7. The summed E-state index contributed by atoms with van der Waals surface area (Å²) in [6.45, 7) is 2.01. The van der Waals surface area contributed by atoms with E-state index < -0.39 is 34.4 Å². The minimum absolute atomic E-state index is 0.199. The number of allylic oxidation sites excluding steroid dienone is 1. The van der Waals surface area contributed by atoms with Crippen molar-refractivity contribution in [1.82, 2.24) is 0 Å². The number of aliphatic imine (C=N–C) groups is 1. The van der Waals surface area contributed by atoms with Gasteiger partial charge in [-0.05, 0) is 6.92 Å². The van der Waals surface area contributed by atoms with Gasteiger partial charge in [-0.15, -0.1) is 0 Å². The van der Waals surface area contributed by atoms with Gasteiger partial charge in [0.25, 0.3) is 0 Å². The van der Waals surface area contributed by atoms with Crippen molar-refractivity contribution in [1.29, 1.82) is 0 Å². The van der Waals surface area contributed by atoms with Gasteiger partial charge >= 0.3 is 0 Å². The molecule has 1 aliphatic heterocycles. The Morgan fingerprint density at radius 3 is 2.28 bits per heavy atom. The fourth-order valence-electron chi connectivity index (χ4n) is 1.67. The maximum Gasteiger partial charge on any atom is 0.220 e. The van der Waals surface area contributed by atoms with Gasteiger partial charge in [-0.3, -0.25) is 0 Å². The van der Waals surface area contributed by atoms with Crippen LogP contribution in [0.1, 0.15) is 18.1 Å². The van der Waals surface area contributed by atoms with Crippen LogP contribution in [0.4, 0.5) is 17.6 Å². The van der Waals surface area contributed by atoms with Crippen molar-refractivity contribution in [3.05, 3.63) is 40.5 Å². The third-order valence-electron chi connectivity index (χ3n) is 2.44. The lowest BCUT2D eigenvalue weighted by atomic mass is 10.0. The number of hydrogen-bond donors (Lipinski definition) is 0. The van der Waals surface area contributed by atoms with Gasteiger partial charge in [0.15, 0.2) is 23.3 Å². The molecule has 1 aromatic rings. The molecule has 1 aromatic carbocycles. The third-order valence-corrected chi connectivity index (χ3v) is 2.44. The van der Waals surface area contributed by atoms with Crippen molar-refractivity contribution in [2.24, 2.45) is 4.99 Å². The van der Waals surface area contributed by atoms with Crippen LogP contribution in [-0.2, 0) is 4.74 Å². The van der Waals surface area contributed by atoms with Crippen molar-refractivity contribution in [3.8, 4) is 0 Å². The molecule has 96 valence electrons. The van der Waals surface area contributed by atoms with E-state index >= 15 is 0 Å². The molecule has 0 radical (unpaired) electrons. The summed E-state index contributed by atoms with van der Waals surface area (Å²) in [4.78, 5) is 3.79. The van der Waals surface area contributed by atoms with E-state index in [2.05, 4.69) is 4.99 Å². The van der Waals surface area contributed by atoms with Crippen LogP contribution < -0.4 is 0 Å². The molecule has 2 rings (SSSR count). The molecule has 1 aliphatic rings. The van der Waals surface area contributed by atoms with Crippen LogP contribution in [0.2, 0.25) is 0 Å². The zero-order valence-corrected chi connectivity index (χ0v) is 9.44. The minimum Gasteiger partial charge on any atom is -0.475 e. The van der Waals surface area contributed by atoms with Crippen LogP contribution in [-0.4, -0.2) is 19.0 Å². The molecule has 0 N–H and O–H groups in total. The second kappa shape index (κ2) is 4.80. The van der Waals surface area contributed by atoms with Crippen LogP contribution in [0.5, 0.6) is 0 Å². The van der Waals surface area contributed by atoms with Gasteiger partial charge < -0.3 is 4.74 Å². The SMILES string of the molecule is C/C=C/c1c(F)c(F)c(F)c(F)c1C1=NCCO1. The van der Waals surface area contributed by atoms with E-state index in [0.717, 1.165) is 6.08 Å². The molecule has 6 heteroatoms. The lowest BCUT2D eigenvalue weighted by molar-refractivity contribution is 0.343. The first-order valence-electron chi connectivity index (χ1n) is 5.24. The third kappa shape index (κ3) is 1.87. The highest BCUT2D eigenvalue weighted by Gasteiger charge is 2.28. The largest absolute Gasteiger partial charge is 0.475 e. The predicted octanol–water partition coefficient (Wildman–Crippen LogP) is 3.05. The molecule has 0 aromatic heterocycles. The minimum atomic E-state index is -1.87. The summed E-state index contributed by atoms with van der Waals surface area (Å²) in [7, 11) is 0. The molecular weight excluding hydrogens is 250 g/mol. The Labute approximate surface area is 101 Å². The molecule has 0 amide bonds. The Bertz CT molecular complexity index is 552. The Morgan fingerprint density at radius 2 is 1.72 bits per heavy atom. The topological polar surface area (TPSA) is 21.6 Å². The average Bonchev–Trinajstić information content (AvgIpc) is 2.87. The van der Waals surface area contributed by atoms with E-state index in [-0.39, 0.29) is 19.0 Å². The average molecular weight is 259 g/mol. The van der Waals surface area contributed by atoms with E-state index in [1.807, 2.05) is 0 Å². The van der Waals surface area contributed by atoms with Gasteiger partial charge in [-0.1, -0.05) is 12.2 Å². The van der Waals surface area contributed by atoms with Crippen molar-refractivity contribution in [3.63, 3.8) is 0 Å². The van der Waals surface area contributed by atoms with E-state index in [0.29, 0.717) is 0 Å². The Morgan fingerprint density at radius 1 is 1.06 bits per heavy atom. The van der Waals surface area contributed by atoms with Crippen molar-refractivity contribution < 1.29 is 22.3 Å². The maximum atomic E-state index is 13.7. The molecule has 0 saturated carbocycles. The fourth-order valence-corrected chi connectivity index (χ4v) is 1.67. The summed E-state index contributed by atoms with van der Waals surface area (Å²) >= 11 is 0. The van der Waals surface area contributed by atoms with Gasteiger partial charge in [0.05, 0.1) is 12.1 Å². The van der Waals surface area contributed by atoms with Gasteiger partial charge in [-0.25, -0.2) is 22.6 Å². The zero-order chi connectivity index (χ0) is 13.3. The second-order valence-electron chi connectivity index (χ2n) is 3.58. The molecule has 0 aliphatic carbocycles. The summed E-state index contributed by atoms with van der Waals surface area (Å²) in [5.41, 5.74) is -0.892. The van der Waals surface area contributed by atoms with Crippen LogP contribution in [0.15, 0.2) is 11.1 Å². The Hall–Kier alpha value is -1.85. The first kappa shape index (κ1) is 12.6. The number of nitrogens with zero attached hydrogens (tertiary/aromatic N) is 1. The quantitative estimate of drug-likeness (QED) is 0.454. The molecule has 18 heavy (non-hydrogen) atoms. The monoisotopic (exact) mass is 259 g/mol. The number of benzene rings is 1. The zero-order valence-electron chi connectivity index (χ0n) is 9.44. The van der Waals surface area contributed by atoms with E-state index in [9.17, 15) is 17.6 Å². The number of halogens is 4. The first-order chi connectivity index (χ1) is 8.57. The summed E-state index contributed by atoms with van der Waals surface area (Å²) < 4.78 is 58.6. The van der Waals surface area contributed by atoms with Gasteiger partial charge in [-0.2, -0.15) is 0 Å². The van der Waals surface area contributed by atoms with E-state index in [1.54, 1.807) is 6.92 Å². The molecule has 1 heterocycles. The van der Waals surface area contributed by atoms with E-state index in [4.69, 9.17) is 4.74 Å². The molecular formula is C12H9F4NO. The summed E-state index contributed by atoms with van der Waals surface area (Å²) in [6.07, 6.45) is 2.52. The molecule has 0 bridgehead atoms. The van der Waals surface area contributed by atoms with E-state index in [1.165, 1.54) is 6.08 Å². The highest BCUT2D eigenvalue weighted by molar-refractivity contribution is 5.98. The summed E-state index contributed by atoms with van der Waals surface area (Å²) in [5, 5.41) is 0. The molecule has 0 fully saturated rings. The van der Waals surface area contributed by atoms with Crippen molar-refractivity contribution in [2.45, 2.75) is 6.92 Å². The van der Waals surface area contributed by atoms with Crippen molar-refractivity contribution in [2.75, 3.05) is 13.2 Å². The molecule has 0 atom stereocenters. The highest BCUT2D eigenvalue weighted by Crippen LogP contribution is 2.27. The van der Waals surface area contributed by atoms with Gasteiger partial charge in [0.2, 0.25) is 5.90 Å². The summed E-state index contributed by atoms with van der Waals surface area (Å²) in [6, 6.07) is 0. The van der Waals surface area contributed by atoms with Crippen molar-refractivity contribution >= 4 is 12.0 Å². The van der Waals surface area contributed by atoms with Crippen LogP contribution in [0.3, 0.4) is 0 Å². The van der Waals surface area contributed by atoms with Gasteiger partial charge in [0.1, 0.15) is 6.61 Å². The lowest BCUT2D eigenvalue weighted by Gasteiger charge is -2.10.